The predicted octanol–water partition coefficient (Wildman–Crippen LogP) is 11.7. The Morgan fingerprint density at radius 1 is 0.596 bits per heavy atom. The van der Waals surface area contributed by atoms with Crippen molar-refractivity contribution in [2.24, 2.45) is 5.73 Å². The summed E-state index contributed by atoms with van der Waals surface area (Å²) in [6.07, 6.45) is 50.6. The van der Waals surface area contributed by atoms with E-state index in [9.17, 15) is 14.3 Å². The summed E-state index contributed by atoms with van der Waals surface area (Å²) in [5, 5.41) is 0. The lowest BCUT2D eigenvalue weighted by Gasteiger charge is -2.19. The summed E-state index contributed by atoms with van der Waals surface area (Å²) >= 11 is 0. The summed E-state index contributed by atoms with van der Waals surface area (Å²) in [4.78, 5) is 22.4. The maximum Gasteiger partial charge on any atom is 0.472 e. The molecule has 0 rings (SSSR count). The number of allylic oxidation sites excluding steroid dienone is 13. The summed E-state index contributed by atoms with van der Waals surface area (Å²) in [6, 6.07) is 0. The van der Waals surface area contributed by atoms with Gasteiger partial charge in [0.2, 0.25) is 0 Å². The van der Waals surface area contributed by atoms with Gasteiger partial charge in [-0.05, 0) is 70.6 Å². The summed E-state index contributed by atoms with van der Waals surface area (Å²) in [7, 11) is -4.30. The first-order valence-corrected chi connectivity index (χ1v) is 21.6. The number of esters is 1. The highest BCUT2D eigenvalue weighted by Crippen LogP contribution is 2.43. The largest absolute Gasteiger partial charge is 0.472 e. The van der Waals surface area contributed by atoms with E-state index in [0.29, 0.717) is 13.0 Å². The maximum absolute atomic E-state index is 12.5. The van der Waals surface area contributed by atoms with E-state index in [2.05, 4.69) is 86.8 Å². The number of carbonyl (C=O) groups excluding carboxylic acids is 1. The number of hydrogen-bond donors (Lipinski definition) is 2. The molecule has 3 N–H and O–H groups in total. The number of hydrogen-bond acceptors (Lipinski definition) is 7. The maximum atomic E-state index is 12.5. The second-order valence-corrected chi connectivity index (χ2v) is 14.2. The minimum atomic E-state index is -4.30. The third kappa shape index (κ3) is 38.9. The number of ether oxygens (including phenoxy) is 2. The molecule has 0 aliphatic heterocycles. The van der Waals surface area contributed by atoms with Gasteiger partial charge in [0.15, 0.2) is 0 Å². The number of phosphoric acid groups is 1. The molecule has 0 bridgehead atoms. The van der Waals surface area contributed by atoms with E-state index >= 15 is 0 Å². The Hall–Kier alpha value is -2.32. The van der Waals surface area contributed by atoms with Crippen molar-refractivity contribution in [2.45, 2.75) is 148 Å². The van der Waals surface area contributed by atoms with Crippen molar-refractivity contribution in [3.05, 3.63) is 85.1 Å². The van der Waals surface area contributed by atoms with Crippen LogP contribution in [0.1, 0.15) is 142 Å². The molecule has 0 aliphatic rings. The van der Waals surface area contributed by atoms with Gasteiger partial charge in [-0.1, -0.05) is 150 Å². The zero-order valence-corrected chi connectivity index (χ0v) is 33.7. The van der Waals surface area contributed by atoms with E-state index in [-0.39, 0.29) is 32.8 Å². The molecule has 2 atom stereocenters. The van der Waals surface area contributed by atoms with Crippen LogP contribution in [0, 0.1) is 0 Å². The van der Waals surface area contributed by atoms with Crippen LogP contribution in [0.25, 0.3) is 0 Å². The van der Waals surface area contributed by atoms with E-state index in [0.717, 1.165) is 51.4 Å². The van der Waals surface area contributed by atoms with Crippen molar-refractivity contribution in [3.8, 4) is 0 Å². The molecule has 0 aromatic rings. The fourth-order valence-electron chi connectivity index (χ4n) is 4.92. The Morgan fingerprint density at radius 2 is 1.08 bits per heavy atom. The molecule has 0 amide bonds. The number of nitrogens with two attached hydrogens (primary N) is 1. The van der Waals surface area contributed by atoms with Crippen LogP contribution in [0.2, 0.25) is 0 Å². The predicted molar refractivity (Wildman–Crippen MR) is 219 cm³/mol. The summed E-state index contributed by atoms with van der Waals surface area (Å²) in [5.74, 6) is -0.462. The molecule has 52 heavy (non-hydrogen) atoms. The highest BCUT2D eigenvalue weighted by molar-refractivity contribution is 7.47. The lowest BCUT2D eigenvalue weighted by Crippen LogP contribution is -2.28. The Labute approximate surface area is 318 Å². The third-order valence-corrected chi connectivity index (χ3v) is 8.81. The number of rotatable bonds is 37. The van der Waals surface area contributed by atoms with Gasteiger partial charge >= 0.3 is 13.8 Å². The third-order valence-electron chi connectivity index (χ3n) is 7.83. The molecule has 0 aromatic heterocycles. The van der Waals surface area contributed by atoms with E-state index in [1.54, 1.807) is 6.08 Å². The van der Waals surface area contributed by atoms with Gasteiger partial charge in [-0.3, -0.25) is 13.8 Å². The Balaban J connectivity index is 4.21. The van der Waals surface area contributed by atoms with Gasteiger partial charge < -0.3 is 20.1 Å². The van der Waals surface area contributed by atoms with Crippen LogP contribution in [0.5, 0.6) is 0 Å². The zero-order chi connectivity index (χ0) is 38.1. The fourth-order valence-corrected chi connectivity index (χ4v) is 5.69. The number of carbonyl (C=O) groups is 1. The summed E-state index contributed by atoms with van der Waals surface area (Å²) in [6.45, 7) is 4.60. The molecule has 0 aromatic carbocycles. The molecule has 9 heteroatoms. The molecule has 0 fully saturated rings. The molecule has 0 aliphatic carbocycles. The van der Waals surface area contributed by atoms with Crippen molar-refractivity contribution < 1.29 is 32.8 Å². The first-order chi connectivity index (χ1) is 25.4. The van der Waals surface area contributed by atoms with Crippen molar-refractivity contribution in [1.29, 1.82) is 0 Å². The van der Waals surface area contributed by atoms with E-state index in [1.807, 2.05) is 6.08 Å². The molecule has 0 heterocycles. The van der Waals surface area contributed by atoms with E-state index in [1.165, 1.54) is 64.2 Å². The lowest BCUT2D eigenvalue weighted by molar-refractivity contribution is -0.153. The molecular weight excluding hydrogens is 673 g/mol. The second kappa shape index (κ2) is 39.9. The molecular formula is C43H74NO7P. The minimum Gasteiger partial charge on any atom is -0.457 e. The van der Waals surface area contributed by atoms with Crippen LogP contribution in [0.3, 0.4) is 0 Å². The van der Waals surface area contributed by atoms with Crippen molar-refractivity contribution in [3.63, 3.8) is 0 Å². The van der Waals surface area contributed by atoms with Crippen molar-refractivity contribution >= 4 is 13.8 Å². The van der Waals surface area contributed by atoms with E-state index < -0.39 is 19.9 Å². The number of phosphoric ester groups is 1. The normalized spacial score (nSPS) is 14.5. The zero-order valence-electron chi connectivity index (χ0n) is 32.8. The molecule has 0 radical (unpaired) electrons. The van der Waals surface area contributed by atoms with Gasteiger partial charge in [-0.2, -0.15) is 0 Å². The van der Waals surface area contributed by atoms with Crippen molar-refractivity contribution in [1.82, 2.24) is 0 Å². The lowest BCUT2D eigenvalue weighted by atomic mass is 10.1. The first kappa shape index (κ1) is 49.7. The highest BCUT2D eigenvalue weighted by Gasteiger charge is 2.25. The van der Waals surface area contributed by atoms with Crippen LogP contribution in [0.4, 0.5) is 0 Å². The molecule has 8 nitrogen and oxygen atoms in total. The van der Waals surface area contributed by atoms with Crippen LogP contribution in [0.15, 0.2) is 85.1 Å². The fraction of sp³-hybridized carbons (Fsp3) is 0.651. The smallest absolute Gasteiger partial charge is 0.457 e. The number of unbranched alkanes of at least 4 members (excludes halogenated alkanes) is 11. The molecule has 2 unspecified atom stereocenters. The minimum absolute atomic E-state index is 0.0674. The standard InChI is InChI=1S/C43H74NO7P/c1-3-5-7-9-11-13-15-17-19-20-21-23-25-27-29-31-33-35-38-48-40-42(41-50-52(46,47)49-39-37-44)51-43(45)36-34-32-30-28-26-24-22-18-16-14-12-10-8-6-4-2/h6,8,11-14,17-19,22,26,28,32,34,42H,3-5,7,9-10,15-16,20-21,23-25,27,29-31,33,35-41,44H2,1-2H3,(H,46,47)/b8-6-,13-11-,14-12-,19-17-,22-18-,28-26-,34-32-. The summed E-state index contributed by atoms with van der Waals surface area (Å²) in [5.41, 5.74) is 5.35. The second-order valence-electron chi connectivity index (χ2n) is 12.8. The monoisotopic (exact) mass is 748 g/mol. The SMILES string of the molecule is CC/C=C\C/C=C\C/C=C\C/C=C\C/C=C\CC(=O)OC(COCCCCCCCCCC/C=C\C/C=C\CCCCC)COP(=O)(O)OCCN. The van der Waals surface area contributed by atoms with Gasteiger partial charge in [-0.15, -0.1) is 0 Å². The van der Waals surface area contributed by atoms with Gasteiger partial charge in [0, 0.05) is 13.2 Å². The quantitative estimate of drug-likeness (QED) is 0.0279. The Morgan fingerprint density at radius 3 is 1.62 bits per heavy atom. The van der Waals surface area contributed by atoms with Gasteiger partial charge in [0.1, 0.15) is 6.10 Å². The van der Waals surface area contributed by atoms with Crippen LogP contribution >= 0.6 is 7.82 Å². The Bertz CT molecular complexity index is 1060. The van der Waals surface area contributed by atoms with Crippen molar-refractivity contribution in [2.75, 3.05) is 33.0 Å². The van der Waals surface area contributed by atoms with E-state index in [4.69, 9.17) is 24.3 Å². The van der Waals surface area contributed by atoms with Gasteiger partial charge in [0.25, 0.3) is 0 Å². The first-order valence-electron chi connectivity index (χ1n) is 20.1. The average Bonchev–Trinajstić information content (AvgIpc) is 3.13. The van der Waals surface area contributed by atoms with Gasteiger partial charge in [0.05, 0.1) is 26.2 Å². The molecule has 0 saturated heterocycles. The molecule has 0 spiro atoms. The average molecular weight is 748 g/mol. The van der Waals surface area contributed by atoms with Crippen LogP contribution in [-0.4, -0.2) is 49.9 Å². The summed E-state index contributed by atoms with van der Waals surface area (Å²) < 4.78 is 33.2. The highest BCUT2D eigenvalue weighted by atomic mass is 31.2. The van der Waals surface area contributed by atoms with Gasteiger partial charge in [-0.25, -0.2) is 4.57 Å². The molecule has 0 saturated carbocycles. The van der Waals surface area contributed by atoms with Crippen LogP contribution < -0.4 is 5.73 Å². The Kier molecular flexibility index (Phi) is 38.1. The molecule has 298 valence electrons. The van der Waals surface area contributed by atoms with Crippen LogP contribution in [-0.2, 0) is 27.9 Å². The topological polar surface area (TPSA) is 117 Å².